The van der Waals surface area contributed by atoms with Crippen molar-refractivity contribution in [2.45, 2.75) is 59.0 Å². The quantitative estimate of drug-likeness (QED) is 0.174. The first-order chi connectivity index (χ1) is 13.0. The molecule has 1 aromatic carbocycles. The van der Waals surface area contributed by atoms with Gasteiger partial charge in [-0.1, -0.05) is 19.9 Å². The number of aryl methyl sites for hydroxylation is 1. The average Bonchev–Trinajstić information content (AvgIpc) is 2.69. The second-order valence-electron chi connectivity index (χ2n) is 6.58. The van der Waals surface area contributed by atoms with Gasteiger partial charge < -0.3 is 25.2 Å². The number of aliphatic imine (C=N–C) groups is 1. The zero-order valence-electron chi connectivity index (χ0n) is 18.0. The van der Waals surface area contributed by atoms with Gasteiger partial charge in [-0.3, -0.25) is 4.99 Å². The highest BCUT2D eigenvalue weighted by atomic mass is 127. The smallest absolute Gasteiger partial charge is 0.191 e. The molecule has 0 saturated carbocycles. The molecule has 0 radical (unpaired) electrons. The zero-order chi connectivity index (χ0) is 20.1. The fraction of sp³-hybridized carbons (Fsp3) is 0.667. The van der Waals surface area contributed by atoms with Gasteiger partial charge in [0, 0.05) is 13.1 Å². The Kier molecular flexibility index (Phi) is 14.1. The standard InChI is InChI=1S/C21H37N3O3.HI/c1-6-21(25,7-2)16-24-20(22-8-3)23-14-10-11-17-12-13-18(26-5)19(15-17)27-9-4;/h12-13,15,25H,6-11,14,16H2,1-5H3,(H2,22,23,24);1H. The molecule has 0 amide bonds. The van der Waals surface area contributed by atoms with E-state index in [1.807, 2.05) is 39.8 Å². The van der Waals surface area contributed by atoms with E-state index in [2.05, 4.69) is 21.7 Å². The van der Waals surface area contributed by atoms with E-state index in [4.69, 9.17) is 9.47 Å². The summed E-state index contributed by atoms with van der Waals surface area (Å²) in [5, 5.41) is 17.0. The van der Waals surface area contributed by atoms with Crippen molar-refractivity contribution in [1.82, 2.24) is 10.6 Å². The summed E-state index contributed by atoms with van der Waals surface area (Å²) >= 11 is 0. The molecule has 0 aliphatic carbocycles. The average molecular weight is 507 g/mol. The zero-order valence-corrected chi connectivity index (χ0v) is 20.3. The lowest BCUT2D eigenvalue weighted by Crippen LogP contribution is -2.40. The van der Waals surface area contributed by atoms with Crippen LogP contribution in [-0.4, -0.2) is 50.0 Å². The number of nitrogens with zero attached hydrogens (tertiary/aromatic N) is 1. The minimum absolute atomic E-state index is 0. The second kappa shape index (κ2) is 14.7. The summed E-state index contributed by atoms with van der Waals surface area (Å²) in [5.41, 5.74) is 0.496. The first kappa shape index (κ1) is 26.8. The lowest BCUT2D eigenvalue weighted by atomic mass is 9.98. The van der Waals surface area contributed by atoms with Gasteiger partial charge in [-0.25, -0.2) is 0 Å². The number of hydrogen-bond acceptors (Lipinski definition) is 4. The highest BCUT2D eigenvalue weighted by molar-refractivity contribution is 14.0. The van der Waals surface area contributed by atoms with Gasteiger partial charge in [-0.2, -0.15) is 0 Å². The van der Waals surface area contributed by atoms with Crippen LogP contribution in [-0.2, 0) is 6.42 Å². The number of guanidine groups is 1. The van der Waals surface area contributed by atoms with E-state index in [1.165, 1.54) is 5.56 Å². The lowest BCUT2D eigenvalue weighted by molar-refractivity contribution is 0.0418. The van der Waals surface area contributed by atoms with Crippen molar-refractivity contribution >= 4 is 29.9 Å². The summed E-state index contributed by atoms with van der Waals surface area (Å²) in [6.45, 7) is 10.6. The van der Waals surface area contributed by atoms with Gasteiger partial charge in [0.1, 0.15) is 0 Å². The highest BCUT2D eigenvalue weighted by Crippen LogP contribution is 2.28. The van der Waals surface area contributed by atoms with Gasteiger partial charge in [0.05, 0.1) is 25.9 Å². The number of ether oxygens (including phenoxy) is 2. The summed E-state index contributed by atoms with van der Waals surface area (Å²) < 4.78 is 11.0. The summed E-state index contributed by atoms with van der Waals surface area (Å²) in [5.74, 6) is 2.31. The Morgan fingerprint density at radius 1 is 1.11 bits per heavy atom. The van der Waals surface area contributed by atoms with E-state index in [-0.39, 0.29) is 24.0 Å². The first-order valence-corrected chi connectivity index (χ1v) is 10.1. The number of hydrogen-bond donors (Lipinski definition) is 3. The Bertz CT molecular complexity index is 578. The van der Waals surface area contributed by atoms with Gasteiger partial charge >= 0.3 is 0 Å². The fourth-order valence-electron chi connectivity index (χ4n) is 2.69. The Balaban J connectivity index is 0.00000729. The molecule has 0 fully saturated rings. The van der Waals surface area contributed by atoms with E-state index in [1.54, 1.807) is 7.11 Å². The van der Waals surface area contributed by atoms with Crippen LogP contribution < -0.4 is 20.1 Å². The maximum absolute atomic E-state index is 10.4. The van der Waals surface area contributed by atoms with Gasteiger partial charge in [-0.05, 0) is 57.2 Å². The van der Waals surface area contributed by atoms with Crippen molar-refractivity contribution in [2.75, 3.05) is 33.4 Å². The molecule has 162 valence electrons. The molecule has 7 heteroatoms. The molecule has 0 unspecified atom stereocenters. The third-order valence-corrected chi connectivity index (χ3v) is 4.65. The lowest BCUT2D eigenvalue weighted by Gasteiger charge is -2.23. The highest BCUT2D eigenvalue weighted by Gasteiger charge is 2.21. The molecule has 1 rings (SSSR count). The number of aliphatic hydroxyl groups is 1. The SMILES string of the molecule is CCNC(=NCC(O)(CC)CC)NCCCc1ccc(OC)c(OCC)c1.I. The van der Waals surface area contributed by atoms with Crippen molar-refractivity contribution in [2.24, 2.45) is 4.99 Å². The van der Waals surface area contributed by atoms with E-state index >= 15 is 0 Å². The molecule has 0 aliphatic rings. The molecule has 0 saturated heterocycles. The molecule has 3 N–H and O–H groups in total. The maximum Gasteiger partial charge on any atom is 0.191 e. The van der Waals surface area contributed by atoms with Crippen LogP contribution >= 0.6 is 24.0 Å². The summed E-state index contributed by atoms with van der Waals surface area (Å²) in [6.07, 6.45) is 3.30. The number of benzene rings is 1. The third-order valence-electron chi connectivity index (χ3n) is 4.65. The molecule has 0 atom stereocenters. The van der Waals surface area contributed by atoms with Crippen molar-refractivity contribution in [1.29, 1.82) is 0 Å². The van der Waals surface area contributed by atoms with E-state index in [0.29, 0.717) is 26.0 Å². The molecule has 6 nitrogen and oxygen atoms in total. The molecular formula is C21H38IN3O3. The van der Waals surface area contributed by atoms with Crippen LogP contribution in [0, 0.1) is 0 Å². The topological polar surface area (TPSA) is 75.1 Å². The van der Waals surface area contributed by atoms with E-state index in [9.17, 15) is 5.11 Å². The number of rotatable bonds is 12. The van der Waals surface area contributed by atoms with Crippen LogP contribution in [0.2, 0.25) is 0 Å². The Morgan fingerprint density at radius 2 is 1.82 bits per heavy atom. The Morgan fingerprint density at radius 3 is 2.39 bits per heavy atom. The molecule has 0 bridgehead atoms. The number of halogens is 1. The summed E-state index contributed by atoms with van der Waals surface area (Å²) in [7, 11) is 1.65. The van der Waals surface area contributed by atoms with Crippen LogP contribution in [0.25, 0.3) is 0 Å². The molecule has 0 spiro atoms. The molecule has 1 aromatic rings. The molecule has 0 aliphatic heterocycles. The minimum Gasteiger partial charge on any atom is -0.493 e. The van der Waals surface area contributed by atoms with E-state index < -0.39 is 5.60 Å². The van der Waals surface area contributed by atoms with Crippen LogP contribution in [0.3, 0.4) is 0 Å². The minimum atomic E-state index is -0.721. The van der Waals surface area contributed by atoms with Gasteiger partial charge in [-0.15, -0.1) is 24.0 Å². The predicted molar refractivity (Wildman–Crippen MR) is 127 cm³/mol. The van der Waals surface area contributed by atoms with Gasteiger partial charge in [0.25, 0.3) is 0 Å². The van der Waals surface area contributed by atoms with Gasteiger partial charge in [0.15, 0.2) is 17.5 Å². The number of methoxy groups -OCH3 is 1. The summed E-state index contributed by atoms with van der Waals surface area (Å²) in [4.78, 5) is 4.54. The summed E-state index contributed by atoms with van der Waals surface area (Å²) in [6, 6.07) is 6.07. The third kappa shape index (κ3) is 9.32. The van der Waals surface area contributed by atoms with Crippen LogP contribution in [0.4, 0.5) is 0 Å². The van der Waals surface area contributed by atoms with Crippen molar-refractivity contribution in [3.8, 4) is 11.5 Å². The van der Waals surface area contributed by atoms with Crippen LogP contribution in [0.15, 0.2) is 23.2 Å². The predicted octanol–water partition coefficient (Wildman–Crippen LogP) is 3.75. The monoisotopic (exact) mass is 507 g/mol. The fourth-order valence-corrected chi connectivity index (χ4v) is 2.69. The molecular weight excluding hydrogens is 469 g/mol. The largest absolute Gasteiger partial charge is 0.493 e. The van der Waals surface area contributed by atoms with Gasteiger partial charge in [0.2, 0.25) is 0 Å². The second-order valence-corrected chi connectivity index (χ2v) is 6.58. The van der Waals surface area contributed by atoms with Crippen LogP contribution in [0.1, 0.15) is 52.5 Å². The van der Waals surface area contributed by atoms with E-state index in [0.717, 1.165) is 43.4 Å². The van der Waals surface area contributed by atoms with Crippen LogP contribution in [0.5, 0.6) is 11.5 Å². The molecule has 28 heavy (non-hydrogen) atoms. The van der Waals surface area contributed by atoms with Crippen molar-refractivity contribution in [3.63, 3.8) is 0 Å². The normalized spacial score (nSPS) is 11.6. The molecule has 0 heterocycles. The van der Waals surface area contributed by atoms with Crippen molar-refractivity contribution in [3.05, 3.63) is 23.8 Å². The Labute approximate surface area is 187 Å². The Hall–Kier alpha value is -1.22. The first-order valence-electron chi connectivity index (χ1n) is 10.1. The van der Waals surface area contributed by atoms with Crippen molar-refractivity contribution < 1.29 is 14.6 Å². The number of nitrogens with one attached hydrogen (secondary N) is 2. The molecule has 0 aromatic heterocycles. The maximum atomic E-state index is 10.4.